The second-order valence-electron chi connectivity index (χ2n) is 16.3. The number of likely N-dealkylation sites (tertiary alicyclic amines) is 2. The summed E-state index contributed by atoms with van der Waals surface area (Å²) >= 11 is 0. The highest BCUT2D eigenvalue weighted by atomic mass is 16.6. The van der Waals surface area contributed by atoms with E-state index < -0.39 is 15.8 Å². The summed E-state index contributed by atoms with van der Waals surface area (Å²) in [6.45, 7) is 12.7. The molecular weight excluding hydrogens is 813 g/mol. The topological polar surface area (TPSA) is 185 Å². The van der Waals surface area contributed by atoms with Crippen molar-refractivity contribution in [3.8, 4) is 0 Å². The van der Waals surface area contributed by atoms with Crippen LogP contribution < -0.4 is 10.6 Å². The molecule has 4 amide bonds. The van der Waals surface area contributed by atoms with Crippen molar-refractivity contribution in [3.05, 3.63) is 152 Å². The number of imide groups is 2. The van der Waals surface area contributed by atoms with Crippen molar-refractivity contribution >= 4 is 35.0 Å². The first kappa shape index (κ1) is 48.9. The SMILES string of the molecule is CC.CC.O=C1CCC(c2ccc([N+](=O)[O-])cc2)(C2CCN(Cc3ccccc3[N+](=O)[O-])CC2)C(=O)N1.O=C1CCC(c2ccccc2)(C2CCN(Cc3ccccc3)CC2)C(=O)N1. The van der Waals surface area contributed by atoms with Gasteiger partial charge in [-0.05, 0) is 93.2 Å². The third-order valence-corrected chi connectivity index (χ3v) is 13.1. The van der Waals surface area contributed by atoms with Crippen LogP contribution in [-0.2, 0) is 43.1 Å². The van der Waals surface area contributed by atoms with Crippen LogP contribution in [0.15, 0.2) is 109 Å². The normalized spacial score (nSPS) is 21.9. The number of carbonyl (C=O) groups is 4. The van der Waals surface area contributed by atoms with Crippen LogP contribution in [0.4, 0.5) is 11.4 Å². The summed E-state index contributed by atoms with van der Waals surface area (Å²) in [6.07, 6.45) is 4.88. The van der Waals surface area contributed by atoms with Gasteiger partial charge in [0.05, 0.1) is 20.7 Å². The lowest BCUT2D eigenvalue weighted by molar-refractivity contribution is -0.385. The maximum Gasteiger partial charge on any atom is 0.273 e. The van der Waals surface area contributed by atoms with Crippen LogP contribution in [0.3, 0.4) is 0 Å². The zero-order valence-electron chi connectivity index (χ0n) is 37.5. The number of nitrogens with one attached hydrogen (secondary N) is 2. The fourth-order valence-electron chi connectivity index (χ4n) is 9.94. The van der Waals surface area contributed by atoms with Gasteiger partial charge < -0.3 is 0 Å². The first-order valence-electron chi connectivity index (χ1n) is 22.7. The largest absolute Gasteiger partial charge is 0.299 e. The Kier molecular flexibility index (Phi) is 17.6. The number of para-hydroxylation sites is 1. The summed E-state index contributed by atoms with van der Waals surface area (Å²) in [6, 6.07) is 33.3. The van der Waals surface area contributed by atoms with Gasteiger partial charge in [-0.25, -0.2) is 0 Å². The molecular formula is C50H62N6O8. The Morgan fingerprint density at radius 1 is 0.547 bits per heavy atom. The van der Waals surface area contributed by atoms with Gasteiger partial charge in [0.25, 0.3) is 11.4 Å². The number of nitro benzene ring substituents is 2. The van der Waals surface area contributed by atoms with Crippen LogP contribution in [0.1, 0.15) is 101 Å². The molecule has 64 heavy (non-hydrogen) atoms. The summed E-state index contributed by atoms with van der Waals surface area (Å²) in [5, 5.41) is 27.5. The first-order valence-corrected chi connectivity index (χ1v) is 22.7. The minimum absolute atomic E-state index is 0.0551. The fraction of sp³-hybridized carbons (Fsp3) is 0.440. The number of rotatable bonds is 10. The molecule has 0 saturated carbocycles. The van der Waals surface area contributed by atoms with E-state index in [1.165, 1.54) is 23.8 Å². The summed E-state index contributed by atoms with van der Waals surface area (Å²) in [5.41, 5.74) is 2.23. The third-order valence-electron chi connectivity index (χ3n) is 13.1. The van der Waals surface area contributed by atoms with Gasteiger partial charge in [-0.2, -0.15) is 0 Å². The minimum Gasteiger partial charge on any atom is -0.299 e. The maximum absolute atomic E-state index is 13.2. The molecule has 2 N–H and O–H groups in total. The highest BCUT2D eigenvalue weighted by Gasteiger charge is 2.52. The van der Waals surface area contributed by atoms with Crippen molar-refractivity contribution in [3.63, 3.8) is 0 Å². The molecule has 0 spiro atoms. The second kappa shape index (κ2) is 23.0. The Hall–Kier alpha value is -6.12. The fourth-order valence-corrected chi connectivity index (χ4v) is 9.94. The number of amides is 4. The van der Waals surface area contributed by atoms with Crippen molar-refractivity contribution in [2.75, 3.05) is 26.2 Å². The Morgan fingerprint density at radius 2 is 0.969 bits per heavy atom. The van der Waals surface area contributed by atoms with Crippen molar-refractivity contribution in [1.29, 1.82) is 0 Å². The van der Waals surface area contributed by atoms with Gasteiger partial charge >= 0.3 is 0 Å². The maximum atomic E-state index is 13.2. The minimum atomic E-state index is -0.937. The van der Waals surface area contributed by atoms with Gasteiger partial charge in [-0.3, -0.25) is 59.8 Å². The van der Waals surface area contributed by atoms with Crippen LogP contribution in [0.2, 0.25) is 0 Å². The van der Waals surface area contributed by atoms with E-state index in [0.29, 0.717) is 62.9 Å². The Morgan fingerprint density at radius 3 is 1.42 bits per heavy atom. The summed E-state index contributed by atoms with van der Waals surface area (Å²) < 4.78 is 0. The number of hydrogen-bond donors (Lipinski definition) is 2. The number of nitrogens with zero attached hydrogens (tertiary/aromatic N) is 4. The molecule has 0 bridgehead atoms. The molecule has 0 aromatic heterocycles. The molecule has 4 aromatic carbocycles. The van der Waals surface area contributed by atoms with Gasteiger partial charge in [0.1, 0.15) is 0 Å². The quantitative estimate of drug-likeness (QED) is 0.0891. The number of nitro groups is 2. The molecule has 14 nitrogen and oxygen atoms in total. The van der Waals surface area contributed by atoms with Crippen molar-refractivity contribution in [1.82, 2.24) is 20.4 Å². The van der Waals surface area contributed by atoms with E-state index in [0.717, 1.165) is 38.0 Å². The molecule has 4 aliphatic rings. The Labute approximate surface area is 376 Å². The lowest BCUT2D eigenvalue weighted by atomic mass is 9.62. The lowest BCUT2D eigenvalue weighted by Gasteiger charge is -2.45. The average molecular weight is 875 g/mol. The zero-order valence-corrected chi connectivity index (χ0v) is 37.5. The number of benzene rings is 4. The van der Waals surface area contributed by atoms with E-state index >= 15 is 0 Å². The molecule has 14 heteroatoms. The van der Waals surface area contributed by atoms with Crippen molar-refractivity contribution in [2.45, 2.75) is 103 Å². The number of hydrogen-bond acceptors (Lipinski definition) is 10. The van der Waals surface area contributed by atoms with Crippen molar-refractivity contribution < 1.29 is 29.0 Å². The molecule has 4 aromatic rings. The predicted molar refractivity (Wildman–Crippen MR) is 246 cm³/mol. The number of piperidine rings is 4. The van der Waals surface area contributed by atoms with E-state index in [1.54, 1.807) is 30.3 Å². The van der Waals surface area contributed by atoms with Crippen LogP contribution >= 0.6 is 0 Å². The van der Waals surface area contributed by atoms with Gasteiger partial charge in [0.15, 0.2) is 0 Å². The van der Waals surface area contributed by atoms with E-state index in [9.17, 15) is 39.4 Å². The van der Waals surface area contributed by atoms with Gasteiger partial charge in [0, 0.05) is 49.7 Å². The summed E-state index contributed by atoms with van der Waals surface area (Å²) in [5.74, 6) is -0.718. The lowest BCUT2D eigenvalue weighted by Crippen LogP contribution is -2.57. The highest BCUT2D eigenvalue weighted by Crippen LogP contribution is 2.46. The second-order valence-corrected chi connectivity index (χ2v) is 16.3. The van der Waals surface area contributed by atoms with E-state index in [-0.39, 0.29) is 58.2 Å². The van der Waals surface area contributed by atoms with Gasteiger partial charge in [0.2, 0.25) is 23.6 Å². The smallest absolute Gasteiger partial charge is 0.273 e. The molecule has 4 aliphatic heterocycles. The van der Waals surface area contributed by atoms with Crippen molar-refractivity contribution in [2.24, 2.45) is 11.8 Å². The van der Waals surface area contributed by atoms with Crippen LogP contribution in [0, 0.1) is 32.1 Å². The number of carbonyl (C=O) groups excluding carboxylic acids is 4. The summed E-state index contributed by atoms with van der Waals surface area (Å²) in [7, 11) is 0. The van der Waals surface area contributed by atoms with E-state index in [1.807, 2.05) is 64.1 Å². The zero-order chi connectivity index (χ0) is 46.3. The average Bonchev–Trinajstić information content (AvgIpc) is 3.32. The van der Waals surface area contributed by atoms with Crippen LogP contribution in [-0.4, -0.2) is 69.5 Å². The predicted octanol–water partition coefficient (Wildman–Crippen LogP) is 8.42. The molecule has 4 fully saturated rings. The van der Waals surface area contributed by atoms with Crippen LogP contribution in [0.25, 0.3) is 0 Å². The highest BCUT2D eigenvalue weighted by molar-refractivity contribution is 6.04. The summed E-state index contributed by atoms with van der Waals surface area (Å²) in [4.78, 5) is 76.0. The molecule has 2 atom stereocenters. The van der Waals surface area contributed by atoms with Crippen LogP contribution in [0.5, 0.6) is 0 Å². The molecule has 340 valence electrons. The molecule has 0 aliphatic carbocycles. The van der Waals surface area contributed by atoms with E-state index in [4.69, 9.17) is 0 Å². The standard InChI is InChI=1S/C23H24N4O6.C23H26N2O2.2C2H6/c28-21-9-12-23(22(29)24-21,17-5-7-19(8-6-17)26(30)31)18-10-13-25(14-11-18)15-16-3-1-2-4-20(16)27(32)33;26-21-11-14-23(22(27)24-21,19-9-5-2-6-10-19)20-12-15-25(16-13-20)17-18-7-3-1-4-8-18;2*1-2/h1-8,18H,9-15H2,(H,24,28,29);1-10,20H,11-17H2,(H,24,26,27);2*1-2H3. The Balaban J connectivity index is 0.000000227. The van der Waals surface area contributed by atoms with E-state index in [2.05, 4.69) is 44.7 Å². The third kappa shape index (κ3) is 11.1. The molecule has 2 unspecified atom stereocenters. The molecule has 8 rings (SSSR count). The molecule has 0 radical (unpaired) electrons. The number of non-ortho nitro benzene ring substituents is 1. The molecule has 4 heterocycles. The monoisotopic (exact) mass is 874 g/mol. The Bertz CT molecular complexity index is 2210. The molecule has 4 saturated heterocycles. The van der Waals surface area contributed by atoms with Gasteiger partial charge in [-0.1, -0.05) is 119 Å². The van der Waals surface area contributed by atoms with Gasteiger partial charge in [-0.15, -0.1) is 0 Å². The first-order chi connectivity index (χ1) is 31.0.